The Morgan fingerprint density at radius 2 is 1.67 bits per heavy atom. The van der Waals surface area contributed by atoms with E-state index in [1.165, 1.54) is 15.7 Å². The molecule has 0 aliphatic carbocycles. The van der Waals surface area contributed by atoms with E-state index in [4.69, 9.17) is 0 Å². The number of hydrogen-bond acceptors (Lipinski definition) is 1. The van der Waals surface area contributed by atoms with Crippen LogP contribution >= 0.6 is 30.1 Å². The molecule has 0 spiro atoms. The number of benzene rings is 2. The molecule has 60 valence electrons. The first kappa shape index (κ1) is 8.38. The molecule has 0 aliphatic heterocycles. The van der Waals surface area contributed by atoms with Crippen LogP contribution < -0.4 is 0 Å². The lowest BCUT2D eigenvalue weighted by molar-refractivity contribution is 1.52. The molecule has 2 aromatic carbocycles. The largest absolute Gasteiger partial charge is 0.0616 e. The minimum atomic E-state index is 1.31. The van der Waals surface area contributed by atoms with Gasteiger partial charge in [0.2, 0.25) is 0 Å². The Balaban J connectivity index is 2.67. The topological polar surface area (TPSA) is 0 Å². The Morgan fingerprint density at radius 1 is 0.917 bits per heavy atom. The molecular weight excluding hydrogens is 279 g/mol. The van der Waals surface area contributed by atoms with Crippen LogP contribution in [0.2, 0.25) is 0 Å². The highest BCUT2D eigenvalue weighted by atomic mass is 127. The fourth-order valence-corrected chi connectivity index (χ4v) is 2.33. The van der Waals surface area contributed by atoms with Crippen molar-refractivity contribution in [1.29, 1.82) is 0 Å². The zero-order chi connectivity index (χ0) is 8.39. The predicted molar refractivity (Wildman–Crippen MR) is 63.8 cm³/mol. The van der Waals surface area contributed by atoms with Gasteiger partial charge in [0.15, 0.2) is 0 Å². The maximum absolute atomic E-state index is 2.30. The molecule has 0 amide bonds. The molecule has 2 aromatic rings. The van der Waals surface area contributed by atoms with Gasteiger partial charge in [-0.3, -0.25) is 0 Å². The zero-order valence-electron chi connectivity index (χ0n) is 6.33. The van der Waals surface area contributed by atoms with E-state index in [0.29, 0.717) is 0 Å². The molecule has 0 saturated carbocycles. The van der Waals surface area contributed by atoms with Gasteiger partial charge in [-0.25, -0.2) is 0 Å². The summed E-state index contributed by atoms with van der Waals surface area (Å²) in [5.41, 5.74) is 0. The lowest BCUT2D eigenvalue weighted by atomic mass is 10.1. The summed E-state index contributed by atoms with van der Waals surface area (Å²) in [6, 6.07) is 15.0. The summed E-state index contributed by atoms with van der Waals surface area (Å²) in [6.07, 6.45) is 0. The summed E-state index contributed by atoms with van der Waals surface area (Å²) < 4.78 is 0. The van der Waals surface area contributed by atoms with Crippen molar-refractivity contribution in [2.75, 3.05) is 0 Å². The third-order valence-electron chi connectivity index (χ3n) is 1.81. The van der Waals surface area contributed by atoms with Crippen LogP contribution in [0.3, 0.4) is 0 Å². The van der Waals surface area contributed by atoms with Crippen LogP contribution in [0.1, 0.15) is 0 Å². The van der Waals surface area contributed by atoms with Crippen molar-refractivity contribution >= 4 is 40.9 Å². The Kier molecular flexibility index (Phi) is 2.56. The highest BCUT2D eigenvalue weighted by molar-refractivity contribution is 14.2. The maximum atomic E-state index is 2.30. The van der Waals surface area contributed by atoms with Gasteiger partial charge in [-0.05, 0) is 22.9 Å². The van der Waals surface area contributed by atoms with E-state index in [2.05, 4.69) is 63.7 Å². The van der Waals surface area contributed by atoms with Gasteiger partial charge in [0.25, 0.3) is 0 Å². The SMILES string of the molecule is ISc1ccc2ccccc2c1. The summed E-state index contributed by atoms with van der Waals surface area (Å²) in [6.45, 7) is 0. The van der Waals surface area contributed by atoms with Crippen LogP contribution in [0.25, 0.3) is 10.8 Å². The van der Waals surface area contributed by atoms with E-state index in [9.17, 15) is 0 Å². The molecule has 0 heterocycles. The molecular formula is C10H7IS. The molecule has 0 saturated heterocycles. The van der Waals surface area contributed by atoms with Crippen LogP contribution in [0.4, 0.5) is 0 Å². The van der Waals surface area contributed by atoms with Gasteiger partial charge >= 0.3 is 0 Å². The third kappa shape index (κ3) is 1.59. The van der Waals surface area contributed by atoms with Gasteiger partial charge in [-0.2, -0.15) is 0 Å². The van der Waals surface area contributed by atoms with E-state index in [0.717, 1.165) is 0 Å². The van der Waals surface area contributed by atoms with Gasteiger partial charge in [-0.15, -0.1) is 0 Å². The zero-order valence-corrected chi connectivity index (χ0v) is 9.30. The average Bonchev–Trinajstić information content (AvgIpc) is 2.17. The third-order valence-corrected chi connectivity index (χ3v) is 3.77. The summed E-state index contributed by atoms with van der Waals surface area (Å²) in [5.74, 6) is 0. The van der Waals surface area contributed by atoms with Crippen molar-refractivity contribution in [3.05, 3.63) is 42.5 Å². The van der Waals surface area contributed by atoms with Crippen LogP contribution in [0, 0.1) is 0 Å². The molecule has 0 nitrogen and oxygen atoms in total. The number of fused-ring (bicyclic) bond motifs is 1. The first-order valence-corrected chi connectivity index (χ1v) is 7.03. The Hall–Kier alpha value is -0.220. The fourth-order valence-electron chi connectivity index (χ4n) is 1.22. The number of rotatable bonds is 1. The first-order valence-electron chi connectivity index (χ1n) is 3.67. The summed E-state index contributed by atoms with van der Waals surface area (Å²) in [7, 11) is 1.75. The minimum Gasteiger partial charge on any atom is -0.0616 e. The van der Waals surface area contributed by atoms with Crippen molar-refractivity contribution in [3.8, 4) is 0 Å². The second kappa shape index (κ2) is 3.66. The summed E-state index contributed by atoms with van der Waals surface area (Å²) in [5, 5.41) is 2.63. The fraction of sp³-hybridized carbons (Fsp3) is 0. The van der Waals surface area contributed by atoms with E-state index in [-0.39, 0.29) is 0 Å². The predicted octanol–water partition coefficient (Wildman–Crippen LogP) is 4.28. The Bertz CT molecular complexity index is 398. The molecule has 0 atom stereocenters. The molecule has 0 aromatic heterocycles. The van der Waals surface area contributed by atoms with Crippen molar-refractivity contribution in [3.63, 3.8) is 0 Å². The molecule has 0 fully saturated rings. The number of halogens is 1. The van der Waals surface area contributed by atoms with Gasteiger partial charge < -0.3 is 0 Å². The molecule has 0 radical (unpaired) electrons. The highest BCUT2D eigenvalue weighted by Crippen LogP contribution is 2.27. The lowest BCUT2D eigenvalue weighted by Crippen LogP contribution is -1.71. The van der Waals surface area contributed by atoms with Gasteiger partial charge in [0, 0.05) is 26.1 Å². The second-order valence-electron chi connectivity index (χ2n) is 2.59. The molecule has 0 aliphatic rings. The quantitative estimate of drug-likeness (QED) is 0.705. The Labute approximate surface area is 87.9 Å². The van der Waals surface area contributed by atoms with Gasteiger partial charge in [0.05, 0.1) is 0 Å². The molecule has 12 heavy (non-hydrogen) atoms. The van der Waals surface area contributed by atoms with Gasteiger partial charge in [-0.1, -0.05) is 39.3 Å². The molecule has 2 rings (SSSR count). The smallest absolute Gasteiger partial charge is 0.0185 e. The normalized spacial score (nSPS) is 10.4. The van der Waals surface area contributed by atoms with Gasteiger partial charge in [0.1, 0.15) is 0 Å². The van der Waals surface area contributed by atoms with Crippen LogP contribution in [-0.4, -0.2) is 0 Å². The summed E-state index contributed by atoms with van der Waals surface area (Å²) in [4.78, 5) is 1.31. The highest BCUT2D eigenvalue weighted by Gasteiger charge is 1.93. The van der Waals surface area contributed by atoms with E-state index < -0.39 is 0 Å². The standard InChI is InChI=1S/C10H7IS/c11-12-10-6-5-8-3-1-2-4-9(8)7-10/h1-7H. The molecule has 0 N–H and O–H groups in total. The molecule has 0 unspecified atom stereocenters. The summed E-state index contributed by atoms with van der Waals surface area (Å²) >= 11 is 2.30. The lowest BCUT2D eigenvalue weighted by Gasteiger charge is -1.98. The first-order chi connectivity index (χ1) is 5.90. The van der Waals surface area contributed by atoms with Crippen molar-refractivity contribution in [1.82, 2.24) is 0 Å². The minimum absolute atomic E-state index is 1.31. The van der Waals surface area contributed by atoms with E-state index >= 15 is 0 Å². The average molecular weight is 286 g/mol. The van der Waals surface area contributed by atoms with Crippen LogP contribution in [0.5, 0.6) is 0 Å². The number of hydrogen-bond donors (Lipinski definition) is 0. The Morgan fingerprint density at radius 3 is 2.42 bits per heavy atom. The van der Waals surface area contributed by atoms with E-state index in [1.807, 2.05) is 0 Å². The maximum Gasteiger partial charge on any atom is 0.0185 e. The monoisotopic (exact) mass is 286 g/mol. The van der Waals surface area contributed by atoms with Crippen molar-refractivity contribution < 1.29 is 0 Å². The van der Waals surface area contributed by atoms with Crippen LogP contribution in [0.15, 0.2) is 47.4 Å². The molecule has 2 heteroatoms. The van der Waals surface area contributed by atoms with E-state index in [1.54, 1.807) is 8.93 Å². The van der Waals surface area contributed by atoms with Crippen LogP contribution in [-0.2, 0) is 0 Å². The van der Waals surface area contributed by atoms with Crippen molar-refractivity contribution in [2.24, 2.45) is 0 Å². The second-order valence-corrected chi connectivity index (χ2v) is 4.53. The van der Waals surface area contributed by atoms with Crippen molar-refractivity contribution in [2.45, 2.75) is 4.90 Å². The molecule has 0 bridgehead atoms.